The van der Waals surface area contributed by atoms with Crippen LogP contribution in [0.4, 0.5) is 10.7 Å². The zero-order chi connectivity index (χ0) is 18.0. The normalized spacial score (nSPS) is 14.0. The van der Waals surface area contributed by atoms with Crippen LogP contribution in [-0.4, -0.2) is 17.5 Å². The lowest BCUT2D eigenvalue weighted by Crippen LogP contribution is -2.36. The molecule has 7 heteroatoms. The standard InChI is InChI=1S/C18H16N4O2S/c1-11-12(2)25-18(14(11)10-19)20-17(24)15-8-9-16(23)22(21-15)13-6-4-3-5-7-13/h3-7H,8-9H2,1-2H3,(H,20,24). The van der Waals surface area contributed by atoms with Gasteiger partial charge in [-0.1, -0.05) is 18.2 Å². The second-order valence-corrected chi connectivity index (χ2v) is 6.87. The van der Waals surface area contributed by atoms with Crippen molar-refractivity contribution in [2.45, 2.75) is 26.7 Å². The van der Waals surface area contributed by atoms with Gasteiger partial charge in [-0.05, 0) is 31.5 Å². The monoisotopic (exact) mass is 352 g/mol. The number of benzene rings is 1. The number of carbonyl (C=O) groups is 2. The number of aryl methyl sites for hydroxylation is 1. The van der Waals surface area contributed by atoms with Crippen molar-refractivity contribution in [2.24, 2.45) is 5.10 Å². The second kappa shape index (κ2) is 6.87. The Morgan fingerprint density at radius 2 is 2.00 bits per heavy atom. The van der Waals surface area contributed by atoms with E-state index in [1.54, 1.807) is 12.1 Å². The molecule has 1 aromatic heterocycles. The van der Waals surface area contributed by atoms with E-state index in [4.69, 9.17) is 0 Å². The van der Waals surface area contributed by atoms with Crippen LogP contribution in [0.3, 0.4) is 0 Å². The van der Waals surface area contributed by atoms with Crippen LogP contribution >= 0.6 is 11.3 Å². The Morgan fingerprint density at radius 1 is 1.28 bits per heavy atom. The second-order valence-electron chi connectivity index (χ2n) is 5.64. The zero-order valence-electron chi connectivity index (χ0n) is 13.9. The van der Waals surface area contributed by atoms with E-state index in [2.05, 4.69) is 16.5 Å². The fourth-order valence-electron chi connectivity index (χ4n) is 2.51. The van der Waals surface area contributed by atoms with Crippen molar-refractivity contribution in [3.05, 3.63) is 46.3 Å². The molecule has 1 N–H and O–H groups in total. The summed E-state index contributed by atoms with van der Waals surface area (Å²) in [7, 11) is 0. The van der Waals surface area contributed by atoms with Crippen LogP contribution in [0.15, 0.2) is 35.4 Å². The number of para-hydroxylation sites is 1. The first-order chi connectivity index (χ1) is 12.0. The number of carbonyl (C=O) groups excluding carboxylic acids is 2. The van der Waals surface area contributed by atoms with E-state index in [9.17, 15) is 14.9 Å². The summed E-state index contributed by atoms with van der Waals surface area (Å²) in [6.07, 6.45) is 0.494. The molecule has 0 aliphatic carbocycles. The average Bonchev–Trinajstić information content (AvgIpc) is 2.89. The first-order valence-electron chi connectivity index (χ1n) is 7.78. The number of anilines is 2. The van der Waals surface area contributed by atoms with Gasteiger partial charge in [0.25, 0.3) is 5.91 Å². The highest BCUT2D eigenvalue weighted by Gasteiger charge is 2.26. The van der Waals surface area contributed by atoms with Crippen LogP contribution in [0.5, 0.6) is 0 Å². The summed E-state index contributed by atoms with van der Waals surface area (Å²) in [6.45, 7) is 3.76. The van der Waals surface area contributed by atoms with E-state index in [1.165, 1.54) is 16.3 Å². The Bertz CT molecular complexity index is 909. The fourth-order valence-corrected chi connectivity index (χ4v) is 3.52. The fraction of sp³-hybridized carbons (Fsp3) is 0.222. The quantitative estimate of drug-likeness (QED) is 0.919. The molecule has 126 valence electrons. The van der Waals surface area contributed by atoms with Crippen molar-refractivity contribution in [2.75, 3.05) is 10.3 Å². The summed E-state index contributed by atoms with van der Waals surface area (Å²) in [5.41, 5.74) is 2.24. The highest BCUT2D eigenvalue weighted by atomic mass is 32.1. The highest BCUT2D eigenvalue weighted by Crippen LogP contribution is 2.32. The highest BCUT2D eigenvalue weighted by molar-refractivity contribution is 7.16. The van der Waals surface area contributed by atoms with E-state index >= 15 is 0 Å². The molecule has 6 nitrogen and oxygen atoms in total. The molecular formula is C18H16N4O2S. The number of hydrogen-bond donors (Lipinski definition) is 1. The van der Waals surface area contributed by atoms with Crippen LogP contribution in [0.1, 0.15) is 28.8 Å². The number of rotatable bonds is 3. The van der Waals surface area contributed by atoms with Crippen molar-refractivity contribution < 1.29 is 9.59 Å². The van der Waals surface area contributed by atoms with E-state index in [0.717, 1.165) is 10.4 Å². The number of nitrogens with one attached hydrogen (secondary N) is 1. The smallest absolute Gasteiger partial charge is 0.272 e. The third kappa shape index (κ3) is 3.30. The first kappa shape index (κ1) is 16.9. The molecule has 2 aromatic rings. The number of nitriles is 1. The molecule has 0 saturated carbocycles. The maximum atomic E-state index is 12.6. The van der Waals surface area contributed by atoms with Crippen molar-refractivity contribution in [3.63, 3.8) is 0 Å². The Morgan fingerprint density at radius 3 is 2.68 bits per heavy atom. The molecule has 25 heavy (non-hydrogen) atoms. The van der Waals surface area contributed by atoms with Gasteiger partial charge in [-0.2, -0.15) is 10.4 Å². The topological polar surface area (TPSA) is 85.6 Å². The molecule has 0 unspecified atom stereocenters. The summed E-state index contributed by atoms with van der Waals surface area (Å²) in [5, 5.41) is 18.1. The van der Waals surface area contributed by atoms with Crippen molar-refractivity contribution in [3.8, 4) is 6.07 Å². The Balaban J connectivity index is 1.86. The van der Waals surface area contributed by atoms with Crippen LogP contribution in [0, 0.1) is 25.2 Å². The van der Waals surface area contributed by atoms with Crippen LogP contribution in [0.2, 0.25) is 0 Å². The number of hydrogen-bond acceptors (Lipinski definition) is 5. The van der Waals surface area contributed by atoms with Gasteiger partial charge >= 0.3 is 0 Å². The summed E-state index contributed by atoms with van der Waals surface area (Å²) >= 11 is 1.37. The minimum atomic E-state index is -0.383. The summed E-state index contributed by atoms with van der Waals surface area (Å²) in [6, 6.07) is 11.1. The molecular weight excluding hydrogens is 336 g/mol. The van der Waals surface area contributed by atoms with Gasteiger partial charge < -0.3 is 5.32 Å². The molecule has 3 rings (SSSR count). The van der Waals surface area contributed by atoms with Crippen molar-refractivity contribution >= 4 is 39.6 Å². The first-order valence-corrected chi connectivity index (χ1v) is 8.60. The predicted molar refractivity (Wildman–Crippen MR) is 97.7 cm³/mol. The van der Waals surface area contributed by atoms with Gasteiger partial charge in [-0.25, -0.2) is 5.01 Å². The van der Waals surface area contributed by atoms with Gasteiger partial charge in [0, 0.05) is 17.7 Å². The lowest BCUT2D eigenvalue weighted by atomic mass is 10.1. The van der Waals surface area contributed by atoms with E-state index in [-0.39, 0.29) is 30.4 Å². The molecule has 0 saturated heterocycles. The van der Waals surface area contributed by atoms with Gasteiger partial charge in [-0.15, -0.1) is 11.3 Å². The van der Waals surface area contributed by atoms with Crippen LogP contribution in [-0.2, 0) is 9.59 Å². The Hall–Kier alpha value is -2.98. The van der Waals surface area contributed by atoms with Gasteiger partial charge in [0.15, 0.2) is 0 Å². The lowest BCUT2D eigenvalue weighted by Gasteiger charge is -2.23. The predicted octanol–water partition coefficient (Wildman–Crippen LogP) is 3.36. The zero-order valence-corrected chi connectivity index (χ0v) is 14.7. The van der Waals surface area contributed by atoms with E-state index in [1.807, 2.05) is 32.0 Å². The molecule has 0 atom stereocenters. The SMILES string of the molecule is Cc1sc(NC(=O)C2=NN(c3ccccc3)C(=O)CC2)c(C#N)c1C. The average molecular weight is 352 g/mol. The molecule has 2 amide bonds. The Labute approximate surface area is 149 Å². The largest absolute Gasteiger partial charge is 0.311 e. The van der Waals surface area contributed by atoms with Crippen molar-refractivity contribution in [1.29, 1.82) is 5.26 Å². The van der Waals surface area contributed by atoms with Crippen LogP contribution < -0.4 is 10.3 Å². The third-order valence-electron chi connectivity index (χ3n) is 4.02. The molecule has 2 heterocycles. The van der Waals surface area contributed by atoms with Gasteiger partial charge in [0.2, 0.25) is 5.91 Å². The third-order valence-corrected chi connectivity index (χ3v) is 5.14. The molecule has 0 bridgehead atoms. The molecule has 0 fully saturated rings. The Kier molecular flexibility index (Phi) is 4.63. The van der Waals surface area contributed by atoms with Gasteiger partial charge in [0.05, 0.1) is 11.3 Å². The number of nitrogens with zero attached hydrogens (tertiary/aromatic N) is 3. The van der Waals surface area contributed by atoms with Crippen molar-refractivity contribution in [1.82, 2.24) is 0 Å². The molecule has 1 aliphatic heterocycles. The minimum Gasteiger partial charge on any atom is -0.311 e. The number of hydrazone groups is 1. The van der Waals surface area contributed by atoms with Gasteiger partial charge in [-0.3, -0.25) is 9.59 Å². The van der Waals surface area contributed by atoms with Crippen LogP contribution in [0.25, 0.3) is 0 Å². The van der Waals surface area contributed by atoms with E-state index < -0.39 is 0 Å². The minimum absolute atomic E-state index is 0.150. The summed E-state index contributed by atoms with van der Waals surface area (Å²) in [5.74, 6) is -0.533. The molecule has 1 aliphatic rings. The molecule has 0 radical (unpaired) electrons. The molecule has 1 aromatic carbocycles. The number of thiophene rings is 1. The maximum Gasteiger partial charge on any atom is 0.272 e. The summed E-state index contributed by atoms with van der Waals surface area (Å²) < 4.78 is 0. The molecule has 0 spiro atoms. The summed E-state index contributed by atoms with van der Waals surface area (Å²) in [4.78, 5) is 25.7. The van der Waals surface area contributed by atoms with E-state index in [0.29, 0.717) is 16.3 Å². The van der Waals surface area contributed by atoms with Gasteiger partial charge in [0.1, 0.15) is 16.8 Å². The number of amides is 2. The maximum absolute atomic E-state index is 12.6. The lowest BCUT2D eigenvalue weighted by molar-refractivity contribution is -0.118.